The number of aliphatic hydroxyl groups excluding tert-OH is 1. The lowest BCUT2D eigenvalue weighted by Gasteiger charge is -2.33. The Labute approximate surface area is 225 Å². The van der Waals surface area contributed by atoms with Crippen molar-refractivity contribution in [2.45, 2.75) is 43.0 Å². The molecule has 3 aromatic carbocycles. The number of carbonyl (C=O) groups is 1. The summed E-state index contributed by atoms with van der Waals surface area (Å²) in [6.45, 7) is -0.163. The molecule has 1 heterocycles. The molecular weight excluding hydrogens is 544 g/mol. The number of alkyl halides is 6. The molecule has 0 aliphatic carbocycles. The standard InChI is InChI=1S/C28H25F6NO5/c1-39-20-10-12-21(13-11-20)40-22-9-7-18-15-19(26(38,27(29,30)31)28(32,33)34)8-14-23(18)35(16-22)25(37)24(36)17-5-3-2-4-6-17/h2-6,8,10-15,22,24,36,38H,7,9,16H2,1H3/t22-,24-/m0/s1. The van der Waals surface area contributed by atoms with Gasteiger partial charge in [0.2, 0.25) is 0 Å². The van der Waals surface area contributed by atoms with Gasteiger partial charge < -0.3 is 24.6 Å². The van der Waals surface area contributed by atoms with Crippen LogP contribution in [0.5, 0.6) is 11.5 Å². The molecule has 0 saturated heterocycles. The van der Waals surface area contributed by atoms with Gasteiger partial charge in [-0.2, -0.15) is 26.3 Å². The van der Waals surface area contributed by atoms with E-state index in [-0.39, 0.29) is 36.2 Å². The minimum absolute atomic E-state index is 0.00346. The molecule has 214 valence electrons. The van der Waals surface area contributed by atoms with Crippen molar-refractivity contribution in [1.29, 1.82) is 0 Å². The number of aryl methyl sites for hydroxylation is 1. The topological polar surface area (TPSA) is 79.2 Å². The molecule has 6 nitrogen and oxygen atoms in total. The summed E-state index contributed by atoms with van der Waals surface area (Å²) in [4.78, 5) is 14.6. The number of hydrogen-bond donors (Lipinski definition) is 2. The van der Waals surface area contributed by atoms with Gasteiger partial charge in [-0.1, -0.05) is 42.5 Å². The van der Waals surface area contributed by atoms with E-state index in [1.54, 1.807) is 42.5 Å². The number of anilines is 1. The van der Waals surface area contributed by atoms with Gasteiger partial charge in [0.05, 0.1) is 13.7 Å². The van der Waals surface area contributed by atoms with Crippen LogP contribution in [0.4, 0.5) is 32.0 Å². The lowest BCUT2D eigenvalue weighted by Crippen LogP contribution is -2.54. The van der Waals surface area contributed by atoms with Crippen LogP contribution in [0.3, 0.4) is 0 Å². The fraction of sp³-hybridized carbons (Fsp3) is 0.321. The molecule has 0 unspecified atom stereocenters. The molecular formula is C28H25F6NO5. The van der Waals surface area contributed by atoms with E-state index in [0.29, 0.717) is 23.6 Å². The summed E-state index contributed by atoms with van der Waals surface area (Å²) in [6.07, 6.45) is -14.5. The smallest absolute Gasteiger partial charge is 0.430 e. The summed E-state index contributed by atoms with van der Waals surface area (Å²) in [5, 5.41) is 20.7. The van der Waals surface area contributed by atoms with E-state index in [2.05, 4.69) is 0 Å². The van der Waals surface area contributed by atoms with Crippen molar-refractivity contribution in [3.05, 3.63) is 89.5 Å². The molecule has 40 heavy (non-hydrogen) atoms. The van der Waals surface area contributed by atoms with Crippen molar-refractivity contribution >= 4 is 11.6 Å². The molecule has 1 aliphatic heterocycles. The van der Waals surface area contributed by atoms with Gasteiger partial charge in [0, 0.05) is 11.3 Å². The predicted octanol–water partition coefficient (Wildman–Crippen LogP) is 5.47. The van der Waals surface area contributed by atoms with Gasteiger partial charge in [0.25, 0.3) is 11.5 Å². The van der Waals surface area contributed by atoms with E-state index in [1.165, 1.54) is 19.2 Å². The van der Waals surface area contributed by atoms with Crippen LogP contribution < -0.4 is 14.4 Å². The maximum Gasteiger partial charge on any atom is 0.430 e. The van der Waals surface area contributed by atoms with Gasteiger partial charge >= 0.3 is 12.4 Å². The van der Waals surface area contributed by atoms with Gasteiger partial charge in [-0.3, -0.25) is 4.79 Å². The number of amides is 1. The number of aliphatic hydroxyl groups is 2. The van der Waals surface area contributed by atoms with Gasteiger partial charge in [-0.15, -0.1) is 0 Å². The molecule has 1 aliphatic rings. The summed E-state index contributed by atoms with van der Waals surface area (Å²) in [5.41, 5.74) is -6.38. The van der Waals surface area contributed by atoms with Gasteiger partial charge in [0.15, 0.2) is 6.10 Å². The largest absolute Gasteiger partial charge is 0.497 e. The summed E-state index contributed by atoms with van der Waals surface area (Å²) < 4.78 is 92.5. The van der Waals surface area contributed by atoms with Crippen molar-refractivity contribution in [3.8, 4) is 11.5 Å². The molecule has 3 aromatic rings. The Balaban J connectivity index is 1.75. The molecule has 12 heteroatoms. The van der Waals surface area contributed by atoms with E-state index in [4.69, 9.17) is 9.47 Å². The Hall–Kier alpha value is -3.77. The molecule has 0 aromatic heterocycles. The zero-order valence-electron chi connectivity index (χ0n) is 21.0. The van der Waals surface area contributed by atoms with Crippen molar-refractivity contribution in [1.82, 2.24) is 0 Å². The lowest BCUT2D eigenvalue weighted by molar-refractivity contribution is -0.376. The van der Waals surface area contributed by atoms with Crippen LogP contribution in [0, 0.1) is 0 Å². The maximum absolute atomic E-state index is 13.6. The van der Waals surface area contributed by atoms with Crippen molar-refractivity contribution in [2.75, 3.05) is 18.6 Å². The number of methoxy groups -OCH3 is 1. The number of halogens is 6. The number of carbonyl (C=O) groups excluding carboxylic acids is 1. The number of benzene rings is 3. The van der Waals surface area contributed by atoms with E-state index < -0.39 is 41.6 Å². The Morgan fingerprint density at radius 2 is 1.52 bits per heavy atom. The lowest BCUT2D eigenvalue weighted by atomic mass is 9.89. The number of ether oxygens (including phenoxy) is 2. The third kappa shape index (κ3) is 5.59. The zero-order valence-corrected chi connectivity index (χ0v) is 21.0. The first-order valence-corrected chi connectivity index (χ1v) is 12.1. The molecule has 0 saturated carbocycles. The first-order chi connectivity index (χ1) is 18.8. The van der Waals surface area contributed by atoms with E-state index in [0.717, 1.165) is 11.0 Å². The van der Waals surface area contributed by atoms with Gasteiger partial charge in [-0.25, -0.2) is 0 Å². The maximum atomic E-state index is 13.6. The average molecular weight is 569 g/mol. The Morgan fingerprint density at radius 1 is 0.925 bits per heavy atom. The Kier molecular flexibility index (Phi) is 8.04. The quantitative estimate of drug-likeness (QED) is 0.385. The molecule has 0 radical (unpaired) electrons. The molecule has 4 rings (SSSR count). The number of hydrogen-bond acceptors (Lipinski definition) is 5. The van der Waals surface area contributed by atoms with E-state index >= 15 is 0 Å². The summed E-state index contributed by atoms with van der Waals surface area (Å²) >= 11 is 0. The van der Waals surface area contributed by atoms with Gasteiger partial charge in [-0.05, 0) is 54.3 Å². The third-order valence-corrected chi connectivity index (χ3v) is 6.71. The van der Waals surface area contributed by atoms with Crippen LogP contribution in [-0.2, 0) is 16.8 Å². The molecule has 0 fully saturated rings. The summed E-state index contributed by atoms with van der Waals surface area (Å²) in [7, 11) is 1.48. The van der Waals surface area contributed by atoms with Crippen LogP contribution >= 0.6 is 0 Å². The average Bonchev–Trinajstić information content (AvgIpc) is 3.10. The molecule has 0 bridgehead atoms. The minimum Gasteiger partial charge on any atom is -0.497 e. The van der Waals surface area contributed by atoms with Crippen molar-refractivity contribution in [2.24, 2.45) is 0 Å². The van der Waals surface area contributed by atoms with Crippen LogP contribution in [0.25, 0.3) is 0 Å². The first kappa shape index (κ1) is 29.2. The fourth-order valence-electron chi connectivity index (χ4n) is 4.55. The highest BCUT2D eigenvalue weighted by Crippen LogP contribution is 2.51. The highest BCUT2D eigenvalue weighted by atomic mass is 19.4. The van der Waals surface area contributed by atoms with Gasteiger partial charge in [0.1, 0.15) is 17.6 Å². The SMILES string of the molecule is COc1ccc(O[C@H]2CCc3cc(C(O)(C(F)(F)F)C(F)(F)F)ccc3N(C(=O)[C@@H](O)c3ccccc3)C2)cc1. The number of nitrogens with zero attached hydrogens (tertiary/aromatic N) is 1. The number of rotatable bonds is 6. The Bertz CT molecular complexity index is 1310. The van der Waals surface area contributed by atoms with Crippen LogP contribution in [-0.4, -0.2) is 48.2 Å². The first-order valence-electron chi connectivity index (χ1n) is 12.1. The molecule has 2 atom stereocenters. The van der Waals surface area contributed by atoms with Crippen LogP contribution in [0.1, 0.15) is 29.2 Å². The monoisotopic (exact) mass is 569 g/mol. The second-order valence-electron chi connectivity index (χ2n) is 9.27. The second-order valence-corrected chi connectivity index (χ2v) is 9.27. The van der Waals surface area contributed by atoms with Crippen molar-refractivity contribution < 1.29 is 50.8 Å². The number of fused-ring (bicyclic) bond motifs is 1. The van der Waals surface area contributed by atoms with E-state index in [1.807, 2.05) is 0 Å². The molecule has 1 amide bonds. The highest BCUT2D eigenvalue weighted by Gasteiger charge is 2.71. The normalized spacial score (nSPS) is 17.0. The van der Waals surface area contributed by atoms with E-state index in [9.17, 15) is 41.4 Å². The third-order valence-electron chi connectivity index (χ3n) is 6.71. The van der Waals surface area contributed by atoms with Crippen LogP contribution in [0.2, 0.25) is 0 Å². The minimum atomic E-state index is -6.07. The zero-order chi connectivity index (χ0) is 29.3. The fourth-order valence-corrected chi connectivity index (χ4v) is 4.55. The summed E-state index contributed by atoms with van der Waals surface area (Å²) in [6, 6.07) is 16.3. The Morgan fingerprint density at radius 3 is 2.10 bits per heavy atom. The summed E-state index contributed by atoms with van der Waals surface area (Å²) in [5.74, 6) is 0.0852. The highest BCUT2D eigenvalue weighted by molar-refractivity contribution is 5.98. The predicted molar refractivity (Wildman–Crippen MR) is 132 cm³/mol. The molecule has 0 spiro atoms. The van der Waals surface area contributed by atoms with Crippen LogP contribution in [0.15, 0.2) is 72.8 Å². The molecule has 2 N–H and O–H groups in total. The van der Waals surface area contributed by atoms with Crippen molar-refractivity contribution in [3.63, 3.8) is 0 Å². The second kappa shape index (κ2) is 11.0.